The quantitative estimate of drug-likeness (QED) is 0.860. The van der Waals surface area contributed by atoms with Gasteiger partial charge in [0.1, 0.15) is 12.2 Å². The zero-order valence-corrected chi connectivity index (χ0v) is 15.1. The van der Waals surface area contributed by atoms with Crippen LogP contribution < -0.4 is 19.5 Å². The molecule has 1 atom stereocenters. The highest BCUT2D eigenvalue weighted by molar-refractivity contribution is 5.74. The first kappa shape index (κ1) is 17.9. The molecule has 2 amide bonds. The average molecular weight is 381 g/mol. The fourth-order valence-electron chi connectivity index (χ4n) is 3.21. The maximum Gasteiger partial charge on any atom is 0.317 e. The average Bonchev–Trinajstić information content (AvgIpc) is 3.20. The van der Waals surface area contributed by atoms with Gasteiger partial charge in [-0.15, -0.1) is 0 Å². The largest absolute Gasteiger partial charge is 0.470 e. The molecule has 1 fully saturated rings. The van der Waals surface area contributed by atoms with Gasteiger partial charge in [0.2, 0.25) is 12.5 Å². The molecule has 1 N–H and O–H groups in total. The summed E-state index contributed by atoms with van der Waals surface area (Å²) in [5, 5.41) is 12.0. The van der Waals surface area contributed by atoms with Crippen molar-refractivity contribution in [1.82, 2.24) is 20.2 Å². The molecule has 1 aromatic carbocycles. The number of hydrogen-bond donors (Lipinski definition) is 1. The molecule has 144 valence electrons. The van der Waals surface area contributed by atoms with Crippen molar-refractivity contribution in [3.05, 3.63) is 41.9 Å². The SMILES string of the molecule is N#Cc1nccnc1O[C@@H]1CCCN(C(=O)NCc2ccc3c(c2)OCO3)C1. The number of ether oxygens (including phenoxy) is 3. The zero-order chi connectivity index (χ0) is 19.3. The van der Waals surface area contributed by atoms with E-state index in [1.165, 1.54) is 12.4 Å². The minimum atomic E-state index is -0.228. The van der Waals surface area contributed by atoms with E-state index in [9.17, 15) is 4.79 Å². The van der Waals surface area contributed by atoms with Crippen LogP contribution in [0.4, 0.5) is 4.79 Å². The van der Waals surface area contributed by atoms with E-state index in [-0.39, 0.29) is 30.5 Å². The lowest BCUT2D eigenvalue weighted by atomic mass is 10.1. The summed E-state index contributed by atoms with van der Waals surface area (Å²) in [6.45, 7) is 1.69. The second kappa shape index (κ2) is 8.00. The fourth-order valence-corrected chi connectivity index (χ4v) is 3.21. The standard InChI is InChI=1S/C19H19N5O4/c20-9-15-18(22-6-5-21-15)28-14-2-1-7-24(11-14)19(25)23-10-13-3-4-16-17(8-13)27-12-26-16/h3-6,8,14H,1-2,7,10-12H2,(H,23,25)/t14-/m1/s1. The number of benzene rings is 1. The second-order valence-corrected chi connectivity index (χ2v) is 6.50. The van der Waals surface area contributed by atoms with Gasteiger partial charge in [0.15, 0.2) is 11.5 Å². The van der Waals surface area contributed by atoms with Crippen molar-refractivity contribution >= 4 is 6.03 Å². The lowest BCUT2D eigenvalue weighted by Gasteiger charge is -2.32. The lowest BCUT2D eigenvalue weighted by Crippen LogP contribution is -2.48. The third kappa shape index (κ3) is 3.91. The Balaban J connectivity index is 1.32. The van der Waals surface area contributed by atoms with Crippen LogP contribution in [0, 0.1) is 11.3 Å². The molecule has 4 rings (SSSR count). The maximum absolute atomic E-state index is 12.5. The summed E-state index contributed by atoms with van der Waals surface area (Å²) in [5.41, 5.74) is 1.08. The van der Waals surface area contributed by atoms with Crippen LogP contribution >= 0.6 is 0 Å². The minimum absolute atomic E-state index is 0.145. The van der Waals surface area contributed by atoms with Gasteiger partial charge in [-0.2, -0.15) is 5.26 Å². The molecule has 0 bridgehead atoms. The molecule has 9 nitrogen and oxygen atoms in total. The Hall–Kier alpha value is -3.54. The number of piperidine rings is 1. The predicted octanol–water partition coefficient (Wildman–Crippen LogP) is 1.83. The van der Waals surface area contributed by atoms with Gasteiger partial charge in [0, 0.05) is 25.5 Å². The fraction of sp³-hybridized carbons (Fsp3) is 0.368. The molecule has 0 aliphatic carbocycles. The van der Waals surface area contributed by atoms with Gasteiger partial charge in [0.25, 0.3) is 5.88 Å². The summed E-state index contributed by atoms with van der Waals surface area (Å²) in [6, 6.07) is 7.40. The summed E-state index contributed by atoms with van der Waals surface area (Å²) in [6.07, 6.45) is 4.29. The van der Waals surface area contributed by atoms with Crippen molar-refractivity contribution < 1.29 is 19.0 Å². The number of aromatic nitrogens is 2. The van der Waals surface area contributed by atoms with Gasteiger partial charge in [0.05, 0.1) is 6.54 Å². The summed E-state index contributed by atoms with van der Waals surface area (Å²) in [4.78, 5) is 22.3. The number of likely N-dealkylation sites (tertiary alicyclic amines) is 1. The molecule has 9 heteroatoms. The Bertz CT molecular complexity index is 913. The number of carbonyl (C=O) groups is 1. The summed E-state index contributed by atoms with van der Waals surface area (Å²) < 4.78 is 16.5. The van der Waals surface area contributed by atoms with Crippen molar-refractivity contribution in [1.29, 1.82) is 5.26 Å². The van der Waals surface area contributed by atoms with Crippen molar-refractivity contribution in [2.24, 2.45) is 0 Å². The summed E-state index contributed by atoms with van der Waals surface area (Å²) in [7, 11) is 0. The third-order valence-corrected chi connectivity index (χ3v) is 4.59. The van der Waals surface area contributed by atoms with E-state index in [1.807, 2.05) is 24.3 Å². The molecule has 2 aromatic rings. The van der Waals surface area contributed by atoms with E-state index < -0.39 is 0 Å². The first-order chi connectivity index (χ1) is 13.7. The highest BCUT2D eigenvalue weighted by Crippen LogP contribution is 2.32. The molecule has 2 aliphatic heterocycles. The van der Waals surface area contributed by atoms with Crippen LogP contribution in [0.3, 0.4) is 0 Å². The zero-order valence-electron chi connectivity index (χ0n) is 15.1. The first-order valence-corrected chi connectivity index (χ1v) is 9.02. The van der Waals surface area contributed by atoms with E-state index in [4.69, 9.17) is 19.5 Å². The Morgan fingerprint density at radius 1 is 1.32 bits per heavy atom. The Labute approximate surface area is 161 Å². The maximum atomic E-state index is 12.5. The number of carbonyl (C=O) groups excluding carboxylic acids is 1. The summed E-state index contributed by atoms with van der Waals surface area (Å²) >= 11 is 0. The summed E-state index contributed by atoms with van der Waals surface area (Å²) in [5.74, 6) is 1.61. The van der Waals surface area contributed by atoms with Gasteiger partial charge in [-0.25, -0.2) is 14.8 Å². The molecule has 2 aliphatic rings. The molecule has 28 heavy (non-hydrogen) atoms. The molecule has 0 spiro atoms. The Morgan fingerprint density at radius 3 is 3.07 bits per heavy atom. The van der Waals surface area contributed by atoms with Crippen LogP contribution in [0.5, 0.6) is 17.4 Å². The third-order valence-electron chi connectivity index (χ3n) is 4.59. The number of fused-ring (bicyclic) bond motifs is 1. The van der Waals surface area contributed by atoms with Crippen LogP contribution in [0.25, 0.3) is 0 Å². The van der Waals surface area contributed by atoms with Gasteiger partial charge < -0.3 is 24.4 Å². The Kier molecular flexibility index (Phi) is 5.10. The number of nitrogens with one attached hydrogen (secondary N) is 1. The van der Waals surface area contributed by atoms with Gasteiger partial charge in [-0.05, 0) is 30.5 Å². The monoisotopic (exact) mass is 381 g/mol. The van der Waals surface area contributed by atoms with E-state index in [2.05, 4.69) is 15.3 Å². The topological polar surface area (TPSA) is 110 Å². The number of urea groups is 1. The van der Waals surface area contributed by atoms with Crippen molar-refractivity contribution in [3.8, 4) is 23.4 Å². The van der Waals surface area contributed by atoms with Crippen molar-refractivity contribution in [3.63, 3.8) is 0 Å². The highest BCUT2D eigenvalue weighted by atomic mass is 16.7. The van der Waals surface area contributed by atoms with Gasteiger partial charge in [-0.1, -0.05) is 6.07 Å². The number of nitriles is 1. The van der Waals surface area contributed by atoms with E-state index in [1.54, 1.807) is 4.90 Å². The second-order valence-electron chi connectivity index (χ2n) is 6.50. The van der Waals surface area contributed by atoms with Crippen molar-refractivity contribution in [2.45, 2.75) is 25.5 Å². The van der Waals surface area contributed by atoms with Gasteiger partial charge in [-0.3, -0.25) is 0 Å². The molecule has 0 radical (unpaired) electrons. The van der Waals surface area contributed by atoms with Gasteiger partial charge >= 0.3 is 6.03 Å². The van der Waals surface area contributed by atoms with E-state index in [0.717, 1.165) is 18.4 Å². The Morgan fingerprint density at radius 2 is 2.18 bits per heavy atom. The van der Waals surface area contributed by atoms with Crippen LogP contribution in [-0.4, -0.2) is 46.9 Å². The van der Waals surface area contributed by atoms with E-state index >= 15 is 0 Å². The van der Waals surface area contributed by atoms with E-state index in [0.29, 0.717) is 31.1 Å². The normalized spacial score (nSPS) is 17.7. The highest BCUT2D eigenvalue weighted by Gasteiger charge is 2.26. The lowest BCUT2D eigenvalue weighted by molar-refractivity contribution is 0.0971. The van der Waals surface area contributed by atoms with Crippen molar-refractivity contribution in [2.75, 3.05) is 19.9 Å². The molecular formula is C19H19N5O4. The number of nitrogens with zero attached hydrogens (tertiary/aromatic N) is 4. The number of hydrogen-bond acceptors (Lipinski definition) is 7. The molecule has 1 saturated heterocycles. The smallest absolute Gasteiger partial charge is 0.317 e. The number of rotatable bonds is 4. The molecule has 3 heterocycles. The minimum Gasteiger partial charge on any atom is -0.470 e. The molecular weight excluding hydrogens is 362 g/mol. The van der Waals surface area contributed by atoms with Crippen LogP contribution in [-0.2, 0) is 6.54 Å². The van der Waals surface area contributed by atoms with Crippen LogP contribution in [0.2, 0.25) is 0 Å². The van der Waals surface area contributed by atoms with Crippen LogP contribution in [0.15, 0.2) is 30.6 Å². The molecule has 1 aromatic heterocycles. The first-order valence-electron chi connectivity index (χ1n) is 9.02. The molecule has 0 saturated carbocycles. The number of amides is 2. The molecule has 0 unspecified atom stereocenters. The predicted molar refractivity (Wildman–Crippen MR) is 96.8 cm³/mol. The van der Waals surface area contributed by atoms with Crippen LogP contribution in [0.1, 0.15) is 24.1 Å².